The van der Waals surface area contributed by atoms with E-state index in [1.165, 1.54) is 11.1 Å². The molecule has 2 aromatic carbocycles. The van der Waals surface area contributed by atoms with Crippen LogP contribution in [0.4, 0.5) is 5.69 Å². The Morgan fingerprint density at radius 3 is 2.44 bits per heavy atom. The van der Waals surface area contributed by atoms with Crippen molar-refractivity contribution in [1.29, 1.82) is 0 Å². The number of anilines is 1. The molecule has 2 aromatic rings. The molecule has 0 unspecified atom stereocenters. The van der Waals surface area contributed by atoms with E-state index in [2.05, 4.69) is 10.6 Å². The highest BCUT2D eigenvalue weighted by Gasteiger charge is 2.14. The predicted octanol–water partition coefficient (Wildman–Crippen LogP) is 4.01. The van der Waals surface area contributed by atoms with E-state index < -0.39 is 0 Å². The molecular weight excluding hydrogens is 312 g/mol. The highest BCUT2D eigenvalue weighted by Crippen LogP contribution is 2.17. The number of hydrogen-bond acceptors (Lipinski definition) is 2. The van der Waals surface area contributed by atoms with Crippen molar-refractivity contribution >= 4 is 17.5 Å². The van der Waals surface area contributed by atoms with Gasteiger partial charge < -0.3 is 10.6 Å². The molecule has 0 saturated carbocycles. The first kappa shape index (κ1) is 18.7. The van der Waals surface area contributed by atoms with E-state index >= 15 is 0 Å². The van der Waals surface area contributed by atoms with Crippen molar-refractivity contribution in [2.75, 3.05) is 5.32 Å². The lowest BCUT2D eigenvalue weighted by Crippen LogP contribution is -2.32. The number of rotatable bonds is 6. The highest BCUT2D eigenvalue weighted by atomic mass is 16.2. The van der Waals surface area contributed by atoms with E-state index in [1.807, 2.05) is 52.0 Å². The molecule has 0 spiro atoms. The standard InChI is InChI=1S/C21H26N2O2/c1-5-16(4)22-21(25)18-8-6-7-9-19(18)23-20(24)13-17-11-10-14(2)15(3)12-17/h6-12,16H,5,13H2,1-4H3,(H,22,25)(H,23,24)/t16-/m1/s1. The zero-order chi connectivity index (χ0) is 18.4. The van der Waals surface area contributed by atoms with E-state index in [1.54, 1.807) is 18.2 Å². The highest BCUT2D eigenvalue weighted by molar-refractivity contribution is 6.04. The molecule has 2 amide bonds. The summed E-state index contributed by atoms with van der Waals surface area (Å²) < 4.78 is 0. The van der Waals surface area contributed by atoms with Crippen LogP contribution in [0.5, 0.6) is 0 Å². The van der Waals surface area contributed by atoms with Crippen LogP contribution >= 0.6 is 0 Å². The fraction of sp³-hybridized carbons (Fsp3) is 0.333. The Balaban J connectivity index is 2.10. The summed E-state index contributed by atoms with van der Waals surface area (Å²) in [5.74, 6) is -0.302. The maximum Gasteiger partial charge on any atom is 0.253 e. The maximum absolute atomic E-state index is 12.4. The Bertz CT molecular complexity index is 768. The van der Waals surface area contributed by atoms with Crippen LogP contribution in [0.1, 0.15) is 47.3 Å². The molecule has 2 rings (SSSR count). The van der Waals surface area contributed by atoms with Gasteiger partial charge in [-0.15, -0.1) is 0 Å². The van der Waals surface area contributed by atoms with Gasteiger partial charge in [-0.2, -0.15) is 0 Å². The minimum absolute atomic E-state index is 0.0896. The van der Waals surface area contributed by atoms with Gasteiger partial charge in [0.2, 0.25) is 5.91 Å². The van der Waals surface area contributed by atoms with Gasteiger partial charge in [-0.3, -0.25) is 9.59 Å². The summed E-state index contributed by atoms with van der Waals surface area (Å²) in [6.07, 6.45) is 1.13. The lowest BCUT2D eigenvalue weighted by Gasteiger charge is -2.15. The zero-order valence-electron chi connectivity index (χ0n) is 15.3. The molecule has 0 radical (unpaired) electrons. The van der Waals surface area contributed by atoms with Crippen molar-refractivity contribution < 1.29 is 9.59 Å². The molecule has 0 saturated heterocycles. The largest absolute Gasteiger partial charge is 0.350 e. The van der Waals surface area contributed by atoms with Gasteiger partial charge in [0.15, 0.2) is 0 Å². The Labute approximate surface area is 149 Å². The first-order chi connectivity index (χ1) is 11.9. The van der Waals surface area contributed by atoms with E-state index in [0.717, 1.165) is 12.0 Å². The lowest BCUT2D eigenvalue weighted by atomic mass is 10.0. The second-order valence-corrected chi connectivity index (χ2v) is 6.47. The number of carbonyl (C=O) groups excluding carboxylic acids is 2. The number of para-hydroxylation sites is 1. The Morgan fingerprint density at radius 2 is 1.76 bits per heavy atom. The van der Waals surface area contributed by atoms with Crippen molar-refractivity contribution in [2.45, 2.75) is 46.6 Å². The average Bonchev–Trinajstić information content (AvgIpc) is 2.58. The molecule has 0 aliphatic heterocycles. The average molecular weight is 338 g/mol. The fourth-order valence-corrected chi connectivity index (χ4v) is 2.49. The normalized spacial score (nSPS) is 11.7. The number of carbonyl (C=O) groups is 2. The van der Waals surface area contributed by atoms with Crippen molar-refractivity contribution in [1.82, 2.24) is 5.32 Å². The lowest BCUT2D eigenvalue weighted by molar-refractivity contribution is -0.115. The van der Waals surface area contributed by atoms with Gasteiger partial charge in [0.05, 0.1) is 17.7 Å². The summed E-state index contributed by atoms with van der Waals surface area (Å²) in [6.45, 7) is 8.05. The van der Waals surface area contributed by atoms with Gasteiger partial charge in [0, 0.05) is 6.04 Å². The molecular formula is C21H26N2O2. The van der Waals surface area contributed by atoms with Crippen LogP contribution in [0.25, 0.3) is 0 Å². The second-order valence-electron chi connectivity index (χ2n) is 6.47. The monoisotopic (exact) mass is 338 g/mol. The Morgan fingerprint density at radius 1 is 1.04 bits per heavy atom. The van der Waals surface area contributed by atoms with Crippen molar-refractivity contribution in [3.8, 4) is 0 Å². The first-order valence-electron chi connectivity index (χ1n) is 8.66. The third-order valence-corrected chi connectivity index (χ3v) is 4.37. The predicted molar refractivity (Wildman–Crippen MR) is 102 cm³/mol. The summed E-state index contributed by atoms with van der Waals surface area (Å²) in [5.41, 5.74) is 4.35. The molecule has 1 atom stereocenters. The number of nitrogens with one attached hydrogen (secondary N) is 2. The second kappa shape index (κ2) is 8.47. The van der Waals surface area contributed by atoms with Crippen LogP contribution in [-0.2, 0) is 11.2 Å². The molecule has 0 bridgehead atoms. The van der Waals surface area contributed by atoms with Gasteiger partial charge >= 0.3 is 0 Å². The van der Waals surface area contributed by atoms with E-state index in [9.17, 15) is 9.59 Å². The van der Waals surface area contributed by atoms with E-state index in [0.29, 0.717) is 11.3 Å². The van der Waals surface area contributed by atoms with Gasteiger partial charge in [0.1, 0.15) is 0 Å². The summed E-state index contributed by atoms with van der Waals surface area (Å²) in [4.78, 5) is 24.8. The summed E-state index contributed by atoms with van der Waals surface area (Å²) in [6, 6.07) is 13.2. The van der Waals surface area contributed by atoms with E-state index in [4.69, 9.17) is 0 Å². The number of amides is 2. The molecule has 0 heterocycles. The van der Waals surface area contributed by atoms with Crippen LogP contribution in [0.15, 0.2) is 42.5 Å². The quantitative estimate of drug-likeness (QED) is 0.836. The minimum Gasteiger partial charge on any atom is -0.350 e. The third-order valence-electron chi connectivity index (χ3n) is 4.37. The molecule has 132 valence electrons. The van der Waals surface area contributed by atoms with Crippen LogP contribution in [-0.4, -0.2) is 17.9 Å². The SMILES string of the molecule is CC[C@@H](C)NC(=O)c1ccccc1NC(=O)Cc1ccc(C)c(C)c1. The molecule has 0 aliphatic carbocycles. The molecule has 4 heteroatoms. The molecule has 0 aliphatic rings. The third kappa shape index (κ3) is 5.18. The van der Waals surface area contributed by atoms with Crippen LogP contribution < -0.4 is 10.6 Å². The zero-order valence-corrected chi connectivity index (χ0v) is 15.3. The number of aryl methyl sites for hydroxylation is 2. The molecule has 2 N–H and O–H groups in total. The van der Waals surface area contributed by atoms with E-state index in [-0.39, 0.29) is 24.3 Å². The van der Waals surface area contributed by atoms with Crippen molar-refractivity contribution in [3.63, 3.8) is 0 Å². The maximum atomic E-state index is 12.4. The minimum atomic E-state index is -0.170. The van der Waals surface area contributed by atoms with Crippen molar-refractivity contribution in [2.24, 2.45) is 0 Å². The first-order valence-corrected chi connectivity index (χ1v) is 8.66. The molecule has 25 heavy (non-hydrogen) atoms. The Kier molecular flexibility index (Phi) is 6.34. The van der Waals surface area contributed by atoms with Crippen LogP contribution in [0.3, 0.4) is 0 Å². The van der Waals surface area contributed by atoms with Gasteiger partial charge in [-0.25, -0.2) is 0 Å². The number of hydrogen-bond donors (Lipinski definition) is 2. The van der Waals surface area contributed by atoms with Gasteiger partial charge in [0.25, 0.3) is 5.91 Å². The van der Waals surface area contributed by atoms with Gasteiger partial charge in [-0.1, -0.05) is 37.3 Å². The fourth-order valence-electron chi connectivity index (χ4n) is 2.49. The topological polar surface area (TPSA) is 58.2 Å². The molecule has 0 aromatic heterocycles. The van der Waals surface area contributed by atoms with Crippen LogP contribution in [0.2, 0.25) is 0 Å². The summed E-state index contributed by atoms with van der Waals surface area (Å²) in [5, 5.41) is 5.80. The van der Waals surface area contributed by atoms with Crippen molar-refractivity contribution in [3.05, 3.63) is 64.7 Å². The molecule has 0 fully saturated rings. The smallest absolute Gasteiger partial charge is 0.253 e. The van der Waals surface area contributed by atoms with Crippen LogP contribution in [0, 0.1) is 13.8 Å². The molecule has 4 nitrogen and oxygen atoms in total. The summed E-state index contributed by atoms with van der Waals surface area (Å²) in [7, 11) is 0. The summed E-state index contributed by atoms with van der Waals surface area (Å²) >= 11 is 0. The van der Waals surface area contributed by atoms with Gasteiger partial charge in [-0.05, 0) is 56.0 Å². The number of benzene rings is 2. The Hall–Kier alpha value is -2.62.